The highest BCUT2D eigenvalue weighted by Gasteiger charge is 2.43. The molecule has 342 valence electrons. The van der Waals surface area contributed by atoms with Gasteiger partial charge in [0.1, 0.15) is 22.1 Å². The Morgan fingerprint density at radius 3 is 1.61 bits per heavy atom. The van der Waals surface area contributed by atoms with Crippen LogP contribution >= 0.6 is 23.5 Å². The van der Waals surface area contributed by atoms with E-state index in [2.05, 4.69) is 152 Å². The maximum atomic E-state index is 11.6. The number of benzene rings is 8. The summed E-state index contributed by atoms with van der Waals surface area (Å²) in [5.41, 5.74) is 18.5. The van der Waals surface area contributed by atoms with Gasteiger partial charge in [0, 0.05) is 33.2 Å². The van der Waals surface area contributed by atoms with Crippen molar-refractivity contribution in [3.63, 3.8) is 0 Å². The van der Waals surface area contributed by atoms with E-state index in [1.54, 1.807) is 12.1 Å². The summed E-state index contributed by atoms with van der Waals surface area (Å²) in [6, 6.07) is 55.8. The lowest BCUT2D eigenvalue weighted by molar-refractivity contribution is 0.0697. The molecule has 0 aliphatic heterocycles. The third kappa shape index (κ3) is 8.07. The molecule has 1 N–H and O–H groups in total. The van der Waals surface area contributed by atoms with Gasteiger partial charge in [-0.1, -0.05) is 168 Å². The van der Waals surface area contributed by atoms with E-state index in [-0.39, 0.29) is 11.0 Å². The number of nitrogens with zero attached hydrogens (tertiary/aromatic N) is 5. The molecule has 7 nitrogen and oxygen atoms in total. The summed E-state index contributed by atoms with van der Waals surface area (Å²) in [4.78, 5) is 14.0. The predicted octanol–water partition coefficient (Wildman–Crippen LogP) is 17.2. The number of hydrogen-bond acceptors (Lipinski definition) is 8. The average Bonchev–Trinajstić information content (AvgIpc) is 4.15. The van der Waals surface area contributed by atoms with E-state index in [4.69, 9.17) is 17.5 Å². The van der Waals surface area contributed by atoms with Crippen LogP contribution in [0.2, 0.25) is 0 Å². The first-order valence-electron chi connectivity index (χ1n) is 24.4. The molecule has 0 atom stereocenters. The van der Waals surface area contributed by atoms with Gasteiger partial charge in [-0.3, -0.25) is 0 Å². The first-order valence-corrected chi connectivity index (χ1v) is 25.9. The minimum absolute atomic E-state index is 0.179. The molecule has 0 fully saturated rings. The number of hydrogen-bond donors (Lipinski definition) is 1. The van der Waals surface area contributed by atoms with E-state index in [1.165, 1.54) is 95.0 Å². The van der Waals surface area contributed by atoms with Gasteiger partial charge in [-0.15, -0.1) is 0 Å². The number of carboxylic acids is 1. The number of anilines is 3. The topological polar surface area (TPSA) is 92.1 Å². The SMILES string of the molecule is CCCCCCC1(CCCCCC)c2cc(-c3ccc(-c4ccc(C(=O)O)cc4)c4nsnc34)ccc2-c2ccc(-c3ccc(N(c4ccccc4)c4cccc5ccccc45)c4nsnc34)cc21. The molecule has 2 heterocycles. The lowest BCUT2D eigenvalue weighted by Gasteiger charge is -2.33. The standard InChI is InChI=1S/C60H53N5O2S2/c1-3-5-7-14-35-60(36-15-8-6-4-2)51-37-42(47-32-31-46(55-56(47)62-68-61-55)40-23-25-41(26-24-40)59(66)67)27-29-49(51)50-30-28-43(38-52(50)60)48-33-34-54(58-57(48)63-69-64-58)65(44-19-10-9-11-20-44)53-22-16-18-39-17-12-13-21-45(39)53/h9-13,16-34,37-38H,3-8,14-15,35-36H2,1-2H3,(H,66,67). The highest BCUT2D eigenvalue weighted by Crippen LogP contribution is 2.56. The molecule has 0 saturated heterocycles. The Morgan fingerprint density at radius 2 is 1.00 bits per heavy atom. The lowest BCUT2D eigenvalue weighted by atomic mass is 9.70. The number of unbranched alkanes of at least 4 members (excludes halogenated alkanes) is 6. The van der Waals surface area contributed by atoms with Crippen molar-refractivity contribution in [2.45, 2.75) is 83.5 Å². The van der Waals surface area contributed by atoms with Crippen LogP contribution < -0.4 is 4.90 Å². The van der Waals surface area contributed by atoms with E-state index in [0.29, 0.717) is 0 Å². The third-order valence-corrected chi connectivity index (χ3v) is 15.5. The van der Waals surface area contributed by atoms with Crippen molar-refractivity contribution in [3.05, 3.63) is 174 Å². The molecule has 11 rings (SSSR count). The Labute approximate surface area is 411 Å². The Morgan fingerprint density at radius 1 is 0.493 bits per heavy atom. The molecule has 8 aromatic carbocycles. The Hall–Kier alpha value is -7.07. The van der Waals surface area contributed by atoms with E-state index < -0.39 is 5.97 Å². The molecule has 0 saturated carbocycles. The van der Waals surface area contributed by atoms with Gasteiger partial charge in [-0.2, -0.15) is 17.5 Å². The van der Waals surface area contributed by atoms with Crippen LogP contribution in [0.25, 0.3) is 77.3 Å². The van der Waals surface area contributed by atoms with Gasteiger partial charge in [0.15, 0.2) is 0 Å². The second-order valence-electron chi connectivity index (χ2n) is 18.5. The van der Waals surface area contributed by atoms with Gasteiger partial charge >= 0.3 is 5.97 Å². The van der Waals surface area contributed by atoms with Crippen LogP contribution in [0.1, 0.15) is 99.5 Å². The molecule has 0 bridgehead atoms. The highest BCUT2D eigenvalue weighted by molar-refractivity contribution is 7.00. The number of rotatable bonds is 17. The molecule has 0 amide bonds. The number of carboxylic acid groups (broad SMARTS) is 1. The zero-order chi connectivity index (χ0) is 46.9. The fraction of sp³-hybridized carbons (Fsp3) is 0.217. The molecule has 0 radical (unpaired) electrons. The predicted molar refractivity (Wildman–Crippen MR) is 288 cm³/mol. The summed E-state index contributed by atoms with van der Waals surface area (Å²) >= 11 is 2.50. The molecular weight excluding hydrogens is 887 g/mol. The quantitative estimate of drug-likeness (QED) is 0.0909. The Kier molecular flexibility index (Phi) is 12.3. The van der Waals surface area contributed by atoms with E-state index in [9.17, 15) is 9.90 Å². The van der Waals surface area contributed by atoms with Crippen molar-refractivity contribution in [2.75, 3.05) is 4.90 Å². The number of aromatic carboxylic acids is 1. The number of carbonyl (C=O) groups is 1. The number of aromatic nitrogens is 4. The van der Waals surface area contributed by atoms with Crippen LogP contribution in [0.15, 0.2) is 158 Å². The van der Waals surface area contributed by atoms with Crippen LogP contribution in [0.4, 0.5) is 17.1 Å². The van der Waals surface area contributed by atoms with Crippen molar-refractivity contribution in [3.8, 4) is 44.5 Å². The van der Waals surface area contributed by atoms with Gasteiger partial charge in [0.25, 0.3) is 0 Å². The molecule has 10 aromatic rings. The molecule has 0 unspecified atom stereocenters. The van der Waals surface area contributed by atoms with Crippen molar-refractivity contribution >= 4 is 79.3 Å². The minimum atomic E-state index is -0.939. The lowest BCUT2D eigenvalue weighted by Crippen LogP contribution is -2.25. The smallest absolute Gasteiger partial charge is 0.335 e. The molecule has 1 aliphatic rings. The van der Waals surface area contributed by atoms with Gasteiger partial charge < -0.3 is 10.0 Å². The average molecular weight is 940 g/mol. The van der Waals surface area contributed by atoms with Crippen molar-refractivity contribution in [1.29, 1.82) is 0 Å². The summed E-state index contributed by atoms with van der Waals surface area (Å²) in [7, 11) is 0. The molecular formula is C60H53N5O2S2. The Balaban J connectivity index is 1.04. The molecule has 1 aliphatic carbocycles. The van der Waals surface area contributed by atoms with Gasteiger partial charge in [0.2, 0.25) is 0 Å². The number of fused-ring (bicyclic) bond motifs is 6. The normalized spacial score (nSPS) is 12.7. The summed E-state index contributed by atoms with van der Waals surface area (Å²) in [6.07, 6.45) is 11.7. The van der Waals surface area contributed by atoms with E-state index >= 15 is 0 Å². The fourth-order valence-corrected chi connectivity index (χ4v) is 12.1. The first kappa shape index (κ1) is 44.4. The van der Waals surface area contributed by atoms with Crippen molar-refractivity contribution in [2.24, 2.45) is 0 Å². The first-order chi connectivity index (χ1) is 34.0. The van der Waals surface area contributed by atoms with E-state index in [0.717, 1.165) is 98.2 Å². The van der Waals surface area contributed by atoms with Crippen molar-refractivity contribution in [1.82, 2.24) is 17.5 Å². The van der Waals surface area contributed by atoms with Crippen LogP contribution in [0, 0.1) is 0 Å². The largest absolute Gasteiger partial charge is 0.478 e. The molecule has 2 aromatic heterocycles. The van der Waals surface area contributed by atoms with E-state index in [1.807, 2.05) is 12.1 Å². The second kappa shape index (κ2) is 19.1. The van der Waals surface area contributed by atoms with Crippen LogP contribution in [0.3, 0.4) is 0 Å². The zero-order valence-corrected chi connectivity index (χ0v) is 40.6. The third-order valence-electron chi connectivity index (χ3n) is 14.4. The van der Waals surface area contributed by atoms with Gasteiger partial charge in [0.05, 0.1) is 40.4 Å². The zero-order valence-electron chi connectivity index (χ0n) is 39.0. The summed E-state index contributed by atoms with van der Waals surface area (Å²) in [5.74, 6) is -0.939. The maximum Gasteiger partial charge on any atom is 0.335 e. The van der Waals surface area contributed by atoms with Crippen LogP contribution in [0.5, 0.6) is 0 Å². The van der Waals surface area contributed by atoms with Gasteiger partial charge in [-0.25, -0.2) is 4.79 Å². The van der Waals surface area contributed by atoms with Gasteiger partial charge in [-0.05, 0) is 112 Å². The molecule has 69 heavy (non-hydrogen) atoms. The minimum Gasteiger partial charge on any atom is -0.478 e. The summed E-state index contributed by atoms with van der Waals surface area (Å²) in [5, 5.41) is 11.9. The van der Waals surface area contributed by atoms with Crippen LogP contribution in [-0.2, 0) is 5.41 Å². The fourth-order valence-electron chi connectivity index (χ4n) is 11.0. The highest BCUT2D eigenvalue weighted by atomic mass is 32.1. The summed E-state index contributed by atoms with van der Waals surface area (Å²) in [6.45, 7) is 4.59. The van der Waals surface area contributed by atoms with Crippen LogP contribution in [-0.4, -0.2) is 28.6 Å². The Bertz CT molecular complexity index is 3470. The monoisotopic (exact) mass is 939 g/mol. The summed E-state index contributed by atoms with van der Waals surface area (Å²) < 4.78 is 19.8. The molecule has 0 spiro atoms. The number of para-hydroxylation sites is 1. The second-order valence-corrected chi connectivity index (χ2v) is 19.5. The molecule has 9 heteroatoms. The maximum absolute atomic E-state index is 11.6. The van der Waals surface area contributed by atoms with Crippen molar-refractivity contribution < 1.29 is 9.90 Å².